The van der Waals surface area contributed by atoms with Crippen LogP contribution in [-0.2, 0) is 18.2 Å². The van der Waals surface area contributed by atoms with Gasteiger partial charge >= 0.3 is 0 Å². The Kier molecular flexibility index (Phi) is 8.29. The Labute approximate surface area is 370 Å². The van der Waals surface area contributed by atoms with Gasteiger partial charge < -0.3 is 4.74 Å². The zero-order chi connectivity index (χ0) is 43.6. The summed E-state index contributed by atoms with van der Waals surface area (Å²) < 4.78 is 32.9. The van der Waals surface area contributed by atoms with E-state index in [0.29, 0.717) is 23.5 Å². The van der Waals surface area contributed by atoms with Crippen molar-refractivity contribution in [1.82, 2.24) is 18.9 Å². The number of aromatic nitrogens is 4. The number of imidazole rings is 2. The lowest BCUT2D eigenvalue weighted by molar-refractivity contribution is 0.388. The zero-order valence-electron chi connectivity index (χ0n) is 36.3. The minimum atomic E-state index is -3.40. The molecule has 63 heavy (non-hydrogen) atoms. The number of para-hydroxylation sites is 6. The fraction of sp³-hybridized carbons (Fsp3) is 0.0526. The molecule has 0 N–H and O–H groups in total. The van der Waals surface area contributed by atoms with Gasteiger partial charge in [0.15, 0.2) is 8.07 Å². The number of rotatable bonds is 9. The van der Waals surface area contributed by atoms with Crippen LogP contribution in [0.4, 0.5) is 0 Å². The average Bonchev–Trinajstić information content (AvgIpc) is 3.90. The normalized spacial score (nSPS) is 15.4. The van der Waals surface area contributed by atoms with Gasteiger partial charge in [-0.25, -0.2) is 4.98 Å². The number of benzene rings is 8. The van der Waals surface area contributed by atoms with E-state index in [1.54, 1.807) is 12.4 Å². The zero-order valence-corrected chi connectivity index (χ0v) is 35.3. The molecular weight excluding hydrogens is 785 g/mol. The maximum Gasteiger partial charge on any atom is 0.220 e. The van der Waals surface area contributed by atoms with Crippen LogP contribution in [0.2, 0.25) is 0 Å². The molecule has 1 aliphatic rings. The molecular formula is C57H42N4OSi. The Hall–Kier alpha value is -7.80. The molecule has 1 unspecified atom stereocenters. The summed E-state index contributed by atoms with van der Waals surface area (Å²) in [7, 11) is -3.40. The summed E-state index contributed by atoms with van der Waals surface area (Å²) in [5.41, 5.74) is 7.10. The van der Waals surface area contributed by atoms with Crippen molar-refractivity contribution in [3.05, 3.63) is 253 Å². The minimum absolute atomic E-state index is 0.385. The lowest BCUT2D eigenvalue weighted by Gasteiger charge is -2.44. The van der Waals surface area contributed by atoms with E-state index in [9.17, 15) is 2.74 Å². The third kappa shape index (κ3) is 5.83. The Morgan fingerprint density at radius 3 is 1.89 bits per heavy atom. The van der Waals surface area contributed by atoms with Gasteiger partial charge in [-0.2, -0.15) is 0 Å². The molecule has 8 aromatic carbocycles. The van der Waals surface area contributed by atoms with Crippen molar-refractivity contribution < 1.29 is 7.48 Å². The first kappa shape index (κ1) is 34.9. The molecule has 11 aromatic rings. The fourth-order valence-electron chi connectivity index (χ4n) is 10.2. The quantitative estimate of drug-likeness (QED) is 0.108. The van der Waals surface area contributed by atoms with Gasteiger partial charge in [0.05, 0.1) is 22.1 Å². The van der Waals surface area contributed by atoms with Gasteiger partial charge in [-0.3, -0.25) is 14.0 Å². The lowest BCUT2D eigenvalue weighted by Crippen LogP contribution is -2.75. The molecule has 0 saturated heterocycles. The van der Waals surface area contributed by atoms with Crippen LogP contribution in [0.15, 0.2) is 231 Å². The average molecular weight is 829 g/mol. The molecule has 6 heteroatoms. The van der Waals surface area contributed by atoms with Gasteiger partial charge in [0, 0.05) is 37.4 Å². The highest BCUT2D eigenvalue weighted by atomic mass is 28.3. The van der Waals surface area contributed by atoms with E-state index in [-0.39, 0.29) is 0 Å². The number of pyridine rings is 1. The maximum atomic E-state index is 10.5. The van der Waals surface area contributed by atoms with Crippen molar-refractivity contribution in [3.63, 3.8) is 0 Å². The first-order chi connectivity index (χ1) is 32.0. The van der Waals surface area contributed by atoms with Gasteiger partial charge in [-0.1, -0.05) is 164 Å². The second-order valence-electron chi connectivity index (χ2n) is 16.3. The van der Waals surface area contributed by atoms with Crippen molar-refractivity contribution in [1.29, 1.82) is 0 Å². The van der Waals surface area contributed by atoms with Crippen LogP contribution in [0, 0.1) is 0 Å². The summed E-state index contributed by atoms with van der Waals surface area (Å²) in [4.78, 5) is 9.57. The molecule has 12 rings (SSSR count). The first-order valence-corrected chi connectivity index (χ1v) is 23.4. The Bertz CT molecular complexity index is 3500. The number of hydrogen-bond donors (Lipinski definition) is 0. The minimum Gasteiger partial charge on any atom is -0.457 e. The Balaban J connectivity index is 1.19. The third-order valence-electron chi connectivity index (χ3n) is 12.8. The summed E-state index contributed by atoms with van der Waals surface area (Å²) in [6, 6.07) is 76.1. The maximum absolute atomic E-state index is 10.5. The van der Waals surface area contributed by atoms with Crippen LogP contribution >= 0.6 is 0 Å². The Morgan fingerprint density at radius 2 is 1.13 bits per heavy atom. The summed E-state index contributed by atoms with van der Waals surface area (Å²) in [5.74, 6) is 2.18. The van der Waals surface area contributed by atoms with Gasteiger partial charge in [0.1, 0.15) is 11.5 Å². The van der Waals surface area contributed by atoms with Gasteiger partial charge in [-0.05, 0) is 99.3 Å². The summed E-state index contributed by atoms with van der Waals surface area (Å²) in [6.07, 6.45) is 1.83. The van der Waals surface area contributed by atoms with Crippen molar-refractivity contribution in [2.45, 2.75) is 18.2 Å². The van der Waals surface area contributed by atoms with Crippen LogP contribution in [-0.4, -0.2) is 27.0 Å². The fourth-order valence-corrected chi connectivity index (χ4v) is 15.1. The molecule has 0 radical (unpaired) electrons. The van der Waals surface area contributed by atoms with Crippen LogP contribution < -0.4 is 25.5 Å². The van der Waals surface area contributed by atoms with Crippen LogP contribution in [0.3, 0.4) is 0 Å². The largest absolute Gasteiger partial charge is 0.457 e. The van der Waals surface area contributed by atoms with E-state index in [1.807, 2.05) is 54.6 Å². The molecule has 0 aliphatic carbocycles. The topological polar surface area (TPSA) is 44.4 Å². The molecule has 4 heterocycles. The smallest absolute Gasteiger partial charge is 0.220 e. The first-order valence-electron chi connectivity index (χ1n) is 22.4. The molecule has 0 fully saturated rings. The van der Waals surface area contributed by atoms with Crippen molar-refractivity contribution in [2.24, 2.45) is 0 Å². The SMILES string of the molecule is [2H]C([2H])(c1ccncc1)C1(Cc2ccccc2)c2ccccc2Oc2c1cccc2[Si](c1ccccc1)(c1ccccc1)c1cccc(-n2c3ccccc3n3c4ccccc4nc23)c1. The molecule has 300 valence electrons. The van der Waals surface area contributed by atoms with Crippen LogP contribution in [0.1, 0.15) is 25.0 Å². The second-order valence-corrected chi connectivity index (χ2v) is 20.1. The third-order valence-corrected chi connectivity index (χ3v) is 17.6. The highest BCUT2D eigenvalue weighted by Gasteiger charge is 2.49. The molecule has 1 aliphatic heterocycles. The number of hydrogen-bond acceptors (Lipinski definition) is 3. The van der Waals surface area contributed by atoms with E-state index in [1.165, 1.54) is 10.4 Å². The van der Waals surface area contributed by atoms with Crippen molar-refractivity contribution >= 4 is 56.7 Å². The standard InChI is InChI=1S/C57H42N4OSi/c1-4-18-41(19-5-1)39-57(40-42-34-36-58-37-35-42)47-26-10-15-32-53(47)62-55-48(57)27-17-33-54(55)63(44-21-6-2-7-22-44,45-23-8-3-9-24-45)46-25-16-20-43(38-46)60-51-30-13-14-31-52(51)61-50-29-12-11-28-49(50)59-56(60)61/h1-38H,39-40H2/i40D2. The van der Waals surface area contributed by atoms with Crippen LogP contribution in [0.5, 0.6) is 11.5 Å². The summed E-state index contributed by atoms with van der Waals surface area (Å²) >= 11 is 0. The van der Waals surface area contributed by atoms with Gasteiger partial charge in [0.2, 0.25) is 5.78 Å². The number of ether oxygens (including phenoxy) is 1. The molecule has 0 saturated carbocycles. The van der Waals surface area contributed by atoms with Crippen molar-refractivity contribution in [2.75, 3.05) is 0 Å². The summed E-state index contributed by atoms with van der Waals surface area (Å²) in [6.45, 7) is 0. The van der Waals surface area contributed by atoms with Crippen LogP contribution in [0.25, 0.3) is 33.5 Å². The molecule has 5 nitrogen and oxygen atoms in total. The molecule has 0 bridgehead atoms. The number of fused-ring (bicyclic) bond motifs is 7. The molecule has 0 spiro atoms. The highest BCUT2D eigenvalue weighted by molar-refractivity contribution is 7.20. The lowest BCUT2D eigenvalue weighted by atomic mass is 9.65. The Morgan fingerprint density at radius 1 is 0.524 bits per heavy atom. The van der Waals surface area contributed by atoms with E-state index in [0.717, 1.165) is 60.6 Å². The predicted molar refractivity (Wildman–Crippen MR) is 259 cm³/mol. The van der Waals surface area contributed by atoms with E-state index in [2.05, 4.69) is 178 Å². The monoisotopic (exact) mass is 828 g/mol. The molecule has 0 amide bonds. The predicted octanol–water partition coefficient (Wildman–Crippen LogP) is 10.1. The van der Waals surface area contributed by atoms with Gasteiger partial charge in [0.25, 0.3) is 0 Å². The summed E-state index contributed by atoms with van der Waals surface area (Å²) in [5, 5.41) is 4.55. The van der Waals surface area contributed by atoms with E-state index < -0.39 is 19.9 Å². The molecule has 3 aromatic heterocycles. The van der Waals surface area contributed by atoms with Gasteiger partial charge in [-0.15, -0.1) is 0 Å². The molecule has 1 atom stereocenters. The second kappa shape index (κ2) is 15.0. The van der Waals surface area contributed by atoms with E-state index in [4.69, 9.17) is 9.72 Å². The van der Waals surface area contributed by atoms with E-state index >= 15 is 0 Å². The highest BCUT2D eigenvalue weighted by Crippen LogP contribution is 2.51. The van der Waals surface area contributed by atoms with Crippen molar-refractivity contribution in [3.8, 4) is 17.2 Å². The number of nitrogens with zero attached hydrogens (tertiary/aromatic N) is 4.